The topological polar surface area (TPSA) is 66.3 Å². The second-order valence-corrected chi connectivity index (χ2v) is 7.33. The van der Waals surface area contributed by atoms with E-state index in [1.807, 2.05) is 0 Å². The van der Waals surface area contributed by atoms with Crippen molar-refractivity contribution in [3.05, 3.63) is 42.5 Å². The van der Waals surface area contributed by atoms with Gasteiger partial charge in [-0.3, -0.25) is 0 Å². The predicted octanol–water partition coefficient (Wildman–Crippen LogP) is 3.25. The first-order valence-electron chi connectivity index (χ1n) is 9.22. The molecule has 4 heterocycles. The zero-order chi connectivity index (χ0) is 20.2. The summed E-state index contributed by atoms with van der Waals surface area (Å²) in [4.78, 5) is 19.5. The normalized spacial score (nSPS) is 17.8. The van der Waals surface area contributed by atoms with E-state index in [0.717, 1.165) is 6.42 Å². The molecule has 2 aromatic heterocycles. The summed E-state index contributed by atoms with van der Waals surface area (Å²) < 4.78 is 42.0. The minimum absolute atomic E-state index is 0.154. The summed E-state index contributed by atoms with van der Waals surface area (Å²) in [6, 6.07) is 5.72. The molecular weight excluding hydrogens is 385 g/mol. The van der Waals surface area contributed by atoms with Crippen molar-refractivity contribution < 1.29 is 18.0 Å². The molecule has 7 nitrogen and oxygen atoms in total. The molecule has 0 aliphatic carbocycles. The molecule has 0 atom stereocenters. The van der Waals surface area contributed by atoms with Crippen molar-refractivity contribution in [2.24, 2.45) is 0 Å². The van der Waals surface area contributed by atoms with Crippen LogP contribution in [-0.4, -0.2) is 57.8 Å². The average Bonchev–Trinajstić information content (AvgIpc) is 3.02. The molecule has 3 aromatic rings. The van der Waals surface area contributed by atoms with Crippen LogP contribution in [0.4, 0.5) is 29.3 Å². The van der Waals surface area contributed by atoms with Crippen molar-refractivity contribution in [3.63, 3.8) is 0 Å². The molecule has 0 spiro atoms. The fourth-order valence-electron chi connectivity index (χ4n) is 3.38. The van der Waals surface area contributed by atoms with Crippen molar-refractivity contribution in [2.45, 2.75) is 12.3 Å². The molecule has 2 saturated heterocycles. The van der Waals surface area contributed by atoms with Gasteiger partial charge in [0.2, 0.25) is 0 Å². The second-order valence-electron chi connectivity index (χ2n) is 7.33. The first-order valence-corrected chi connectivity index (χ1v) is 9.22. The van der Waals surface area contributed by atoms with Crippen molar-refractivity contribution in [1.82, 2.24) is 19.7 Å². The van der Waals surface area contributed by atoms with Gasteiger partial charge in [0.25, 0.3) is 5.92 Å². The number of likely N-dealkylation sites (tertiary alicyclic amines) is 1. The van der Waals surface area contributed by atoms with Crippen LogP contribution < -0.4 is 10.2 Å². The molecule has 1 N–H and O–H groups in total. The quantitative estimate of drug-likeness (QED) is 0.731. The van der Waals surface area contributed by atoms with Gasteiger partial charge in [-0.05, 0) is 30.7 Å². The number of hydrogen-bond donors (Lipinski definition) is 1. The fourth-order valence-corrected chi connectivity index (χ4v) is 3.38. The van der Waals surface area contributed by atoms with Crippen LogP contribution >= 0.6 is 0 Å². The summed E-state index contributed by atoms with van der Waals surface area (Å²) in [5, 5.41) is 7.63. The van der Waals surface area contributed by atoms with E-state index in [2.05, 4.69) is 15.4 Å². The number of alkyl halides is 2. The Morgan fingerprint density at radius 2 is 1.97 bits per heavy atom. The standard InChI is InChI=1S/C19H17F3N6O/c20-15-3-2-13(24-18(29)26-4-1-5-26)7-16(15)28-9-12-6-14(8-23-17(12)25-28)27-10-19(21,22)11-27/h2-3,6-9H,1,4-5,10-11H2,(H,24,29). The largest absolute Gasteiger partial charge is 0.358 e. The first kappa shape index (κ1) is 17.8. The minimum Gasteiger partial charge on any atom is -0.358 e. The molecule has 10 heteroatoms. The highest BCUT2D eigenvalue weighted by Gasteiger charge is 2.44. The summed E-state index contributed by atoms with van der Waals surface area (Å²) >= 11 is 0. The van der Waals surface area contributed by atoms with Gasteiger partial charge in [-0.15, -0.1) is 5.10 Å². The number of anilines is 2. The molecule has 2 aliphatic heterocycles. The van der Waals surface area contributed by atoms with Gasteiger partial charge in [0.05, 0.1) is 25.0 Å². The van der Waals surface area contributed by atoms with Gasteiger partial charge in [-0.25, -0.2) is 27.6 Å². The molecule has 0 saturated carbocycles. The summed E-state index contributed by atoms with van der Waals surface area (Å²) in [6.45, 7) is 0.728. The van der Waals surface area contributed by atoms with Crippen molar-refractivity contribution in [3.8, 4) is 5.69 Å². The highest BCUT2D eigenvalue weighted by Crippen LogP contribution is 2.32. The van der Waals surface area contributed by atoms with Gasteiger partial charge < -0.3 is 15.1 Å². The lowest BCUT2D eigenvalue weighted by Gasteiger charge is -2.40. The van der Waals surface area contributed by atoms with Crippen LogP contribution in [0.15, 0.2) is 36.7 Å². The first-order chi connectivity index (χ1) is 13.9. The Balaban J connectivity index is 1.42. The Kier molecular flexibility index (Phi) is 3.90. The zero-order valence-corrected chi connectivity index (χ0v) is 15.3. The lowest BCUT2D eigenvalue weighted by molar-refractivity contribution is -0.0262. The monoisotopic (exact) mass is 402 g/mol. The molecule has 1 aromatic carbocycles. The zero-order valence-electron chi connectivity index (χ0n) is 15.3. The van der Waals surface area contributed by atoms with Crippen LogP contribution in [0.25, 0.3) is 16.7 Å². The van der Waals surface area contributed by atoms with Crippen LogP contribution in [0.3, 0.4) is 0 Å². The van der Waals surface area contributed by atoms with Gasteiger partial charge in [0.15, 0.2) is 5.65 Å². The lowest BCUT2D eigenvalue weighted by Crippen LogP contribution is -2.56. The molecule has 2 fully saturated rings. The number of amides is 2. The van der Waals surface area contributed by atoms with Crippen molar-refractivity contribution >= 4 is 28.4 Å². The van der Waals surface area contributed by atoms with E-state index in [0.29, 0.717) is 35.5 Å². The van der Waals surface area contributed by atoms with Gasteiger partial charge in [0, 0.05) is 30.4 Å². The number of nitrogens with zero attached hydrogens (tertiary/aromatic N) is 5. The number of carbonyl (C=O) groups excluding carboxylic acids is 1. The number of fused-ring (bicyclic) bond motifs is 1. The van der Waals surface area contributed by atoms with Gasteiger partial charge in [0.1, 0.15) is 11.5 Å². The van der Waals surface area contributed by atoms with Crippen molar-refractivity contribution in [1.29, 1.82) is 0 Å². The maximum atomic E-state index is 14.4. The summed E-state index contributed by atoms with van der Waals surface area (Å²) in [6.07, 6.45) is 4.05. The van der Waals surface area contributed by atoms with Gasteiger partial charge in [-0.1, -0.05) is 0 Å². The van der Waals surface area contributed by atoms with E-state index < -0.39 is 11.7 Å². The van der Waals surface area contributed by atoms with E-state index in [1.165, 1.54) is 34.0 Å². The number of nitrogens with one attached hydrogen (secondary N) is 1. The maximum Gasteiger partial charge on any atom is 0.321 e. The molecule has 0 radical (unpaired) electrons. The Hall–Kier alpha value is -3.30. The fraction of sp³-hybridized carbons (Fsp3) is 0.316. The van der Waals surface area contributed by atoms with E-state index in [4.69, 9.17) is 0 Å². The molecule has 2 aliphatic rings. The maximum absolute atomic E-state index is 14.4. The van der Waals surface area contributed by atoms with E-state index in [-0.39, 0.29) is 24.8 Å². The number of rotatable bonds is 3. The van der Waals surface area contributed by atoms with E-state index >= 15 is 0 Å². The van der Waals surface area contributed by atoms with Gasteiger partial charge in [-0.2, -0.15) is 0 Å². The Morgan fingerprint density at radius 3 is 2.66 bits per heavy atom. The predicted molar refractivity (Wildman–Crippen MR) is 101 cm³/mol. The third kappa shape index (κ3) is 3.24. The highest BCUT2D eigenvalue weighted by molar-refractivity contribution is 5.90. The van der Waals surface area contributed by atoms with Crippen LogP contribution in [0.5, 0.6) is 0 Å². The Labute approximate surface area is 163 Å². The van der Waals surface area contributed by atoms with Gasteiger partial charge >= 0.3 is 6.03 Å². The van der Waals surface area contributed by atoms with Crippen molar-refractivity contribution in [2.75, 3.05) is 36.4 Å². The molecule has 5 rings (SSSR count). The SMILES string of the molecule is O=C(Nc1ccc(F)c(-n2cc3cc(N4CC(F)(F)C4)cnc3n2)c1)N1CCC1. The Morgan fingerprint density at radius 1 is 1.17 bits per heavy atom. The second kappa shape index (κ2) is 6.36. The molecule has 2 amide bonds. The van der Waals surface area contributed by atoms with Crippen LogP contribution in [0.2, 0.25) is 0 Å². The summed E-state index contributed by atoms with van der Waals surface area (Å²) in [7, 11) is 0. The number of hydrogen-bond acceptors (Lipinski definition) is 4. The smallest absolute Gasteiger partial charge is 0.321 e. The average molecular weight is 402 g/mol. The molecule has 0 unspecified atom stereocenters. The molecule has 150 valence electrons. The number of benzene rings is 1. The number of carbonyl (C=O) groups is 1. The minimum atomic E-state index is -2.68. The molecule has 0 bridgehead atoms. The Bertz CT molecular complexity index is 1100. The highest BCUT2D eigenvalue weighted by atomic mass is 19.3. The molecule has 29 heavy (non-hydrogen) atoms. The third-order valence-electron chi connectivity index (χ3n) is 5.14. The van der Waals surface area contributed by atoms with Crippen LogP contribution in [0, 0.1) is 5.82 Å². The number of pyridine rings is 1. The summed E-state index contributed by atoms with van der Waals surface area (Å²) in [5.74, 6) is -3.19. The van der Waals surface area contributed by atoms with E-state index in [1.54, 1.807) is 17.2 Å². The number of urea groups is 1. The third-order valence-corrected chi connectivity index (χ3v) is 5.14. The lowest BCUT2D eigenvalue weighted by atomic mass is 10.1. The summed E-state index contributed by atoms with van der Waals surface area (Å²) in [5.41, 5.74) is 1.55. The number of aromatic nitrogens is 3. The van der Waals surface area contributed by atoms with E-state index in [9.17, 15) is 18.0 Å². The van der Waals surface area contributed by atoms with Crippen LogP contribution in [0.1, 0.15) is 6.42 Å². The number of halogens is 3. The van der Waals surface area contributed by atoms with Crippen LogP contribution in [-0.2, 0) is 0 Å². The molecular formula is C19H17F3N6O.